The van der Waals surface area contributed by atoms with E-state index in [2.05, 4.69) is 20.5 Å². The lowest BCUT2D eigenvalue weighted by molar-refractivity contribution is 0.102. The number of rotatable bonds is 2. The molecule has 5 nitrogen and oxygen atoms in total. The molecule has 0 atom stereocenters. The molecule has 3 aromatic rings. The molecule has 3 N–H and O–H groups in total. The first-order valence-corrected chi connectivity index (χ1v) is 6.06. The minimum absolute atomic E-state index is 0.153. The number of aromatic nitrogens is 3. The molecule has 0 spiro atoms. The molecule has 5 heteroatoms. The fraction of sp³-hybridized carbons (Fsp3) is 0.143. The van der Waals surface area contributed by atoms with Gasteiger partial charge < -0.3 is 10.3 Å². The second kappa shape index (κ2) is 4.28. The van der Waals surface area contributed by atoms with Gasteiger partial charge in [0.1, 0.15) is 0 Å². The van der Waals surface area contributed by atoms with Crippen LogP contribution in [0.5, 0.6) is 0 Å². The van der Waals surface area contributed by atoms with Crippen molar-refractivity contribution >= 4 is 22.6 Å². The predicted octanol–water partition coefficient (Wildman–Crippen LogP) is 2.76. The van der Waals surface area contributed by atoms with Crippen molar-refractivity contribution in [1.29, 1.82) is 0 Å². The number of benzene rings is 1. The van der Waals surface area contributed by atoms with E-state index in [0.717, 1.165) is 22.2 Å². The number of nitrogens with zero attached hydrogens (tertiary/aromatic N) is 1. The molecule has 0 aliphatic carbocycles. The van der Waals surface area contributed by atoms with E-state index in [4.69, 9.17) is 0 Å². The molecule has 0 unspecified atom stereocenters. The molecule has 1 amide bonds. The molecule has 0 aliphatic rings. The van der Waals surface area contributed by atoms with Crippen LogP contribution in [0.3, 0.4) is 0 Å². The number of hydrogen-bond donors (Lipinski definition) is 3. The number of hydrogen-bond acceptors (Lipinski definition) is 2. The van der Waals surface area contributed by atoms with Crippen molar-refractivity contribution in [1.82, 2.24) is 15.2 Å². The van der Waals surface area contributed by atoms with Crippen molar-refractivity contribution in [3.63, 3.8) is 0 Å². The minimum atomic E-state index is -0.153. The Morgan fingerprint density at radius 2 is 2.11 bits per heavy atom. The number of anilines is 1. The molecule has 0 fully saturated rings. The van der Waals surface area contributed by atoms with Crippen LogP contribution in [0, 0.1) is 13.8 Å². The normalized spacial score (nSPS) is 10.8. The summed E-state index contributed by atoms with van der Waals surface area (Å²) >= 11 is 0. The SMILES string of the molecule is Cc1[nH]nc(NC(=O)c2cccc3[nH]ccc23)c1C. The summed E-state index contributed by atoms with van der Waals surface area (Å²) in [5.41, 5.74) is 3.49. The lowest BCUT2D eigenvalue weighted by atomic mass is 10.1. The fourth-order valence-corrected chi connectivity index (χ4v) is 2.07. The zero-order chi connectivity index (χ0) is 13.4. The van der Waals surface area contributed by atoms with Crippen LogP contribution in [-0.2, 0) is 0 Å². The van der Waals surface area contributed by atoms with E-state index in [0.29, 0.717) is 11.4 Å². The summed E-state index contributed by atoms with van der Waals surface area (Å²) in [6.45, 7) is 3.84. The van der Waals surface area contributed by atoms with E-state index in [9.17, 15) is 4.79 Å². The molecule has 0 saturated heterocycles. The van der Waals surface area contributed by atoms with Crippen molar-refractivity contribution in [3.8, 4) is 0 Å². The number of fused-ring (bicyclic) bond motifs is 1. The number of carbonyl (C=O) groups is 1. The first-order chi connectivity index (χ1) is 9.16. The molecule has 0 aliphatic heterocycles. The standard InChI is InChI=1S/C14H14N4O/c1-8-9(2)17-18-13(8)16-14(19)11-4-3-5-12-10(11)6-7-15-12/h3-7,15H,1-2H3,(H2,16,17,18,19). The lowest BCUT2D eigenvalue weighted by Crippen LogP contribution is -2.13. The van der Waals surface area contributed by atoms with Gasteiger partial charge in [0.05, 0.1) is 0 Å². The van der Waals surface area contributed by atoms with Gasteiger partial charge in [0.2, 0.25) is 0 Å². The lowest BCUT2D eigenvalue weighted by Gasteiger charge is -2.04. The quantitative estimate of drug-likeness (QED) is 0.658. The van der Waals surface area contributed by atoms with Crippen LogP contribution in [0.25, 0.3) is 10.9 Å². The van der Waals surface area contributed by atoms with Crippen molar-refractivity contribution in [3.05, 3.63) is 47.3 Å². The van der Waals surface area contributed by atoms with Crippen LogP contribution in [0.2, 0.25) is 0 Å². The van der Waals surface area contributed by atoms with Gasteiger partial charge in [-0.2, -0.15) is 5.10 Å². The summed E-state index contributed by atoms with van der Waals surface area (Å²) in [6.07, 6.45) is 1.82. The van der Waals surface area contributed by atoms with E-state index in [1.54, 1.807) is 6.07 Å². The van der Waals surface area contributed by atoms with Crippen molar-refractivity contribution in [2.75, 3.05) is 5.32 Å². The van der Waals surface area contributed by atoms with E-state index in [-0.39, 0.29) is 5.91 Å². The number of nitrogens with one attached hydrogen (secondary N) is 3. The summed E-state index contributed by atoms with van der Waals surface area (Å²) in [4.78, 5) is 15.4. The largest absolute Gasteiger partial charge is 0.361 e. The van der Waals surface area contributed by atoms with E-state index >= 15 is 0 Å². The average molecular weight is 254 g/mol. The van der Waals surface area contributed by atoms with Gasteiger partial charge in [0.25, 0.3) is 5.91 Å². The summed E-state index contributed by atoms with van der Waals surface area (Å²) in [6, 6.07) is 7.50. The van der Waals surface area contributed by atoms with Crippen molar-refractivity contribution in [2.45, 2.75) is 13.8 Å². The van der Waals surface area contributed by atoms with Gasteiger partial charge in [-0.15, -0.1) is 0 Å². The monoisotopic (exact) mass is 254 g/mol. The Morgan fingerprint density at radius 3 is 2.84 bits per heavy atom. The fourth-order valence-electron chi connectivity index (χ4n) is 2.07. The molecular formula is C14H14N4O. The molecule has 19 heavy (non-hydrogen) atoms. The molecular weight excluding hydrogens is 240 g/mol. The van der Waals surface area contributed by atoms with Crippen LogP contribution < -0.4 is 5.32 Å². The van der Waals surface area contributed by atoms with Gasteiger partial charge >= 0.3 is 0 Å². The Hall–Kier alpha value is -2.56. The summed E-state index contributed by atoms with van der Waals surface area (Å²) in [5.74, 6) is 0.426. The molecule has 0 bridgehead atoms. The molecule has 0 radical (unpaired) electrons. The highest BCUT2D eigenvalue weighted by Crippen LogP contribution is 2.20. The third kappa shape index (κ3) is 1.89. The molecule has 3 rings (SSSR count). The zero-order valence-electron chi connectivity index (χ0n) is 10.7. The number of carbonyl (C=O) groups excluding carboxylic acids is 1. The van der Waals surface area contributed by atoms with E-state index < -0.39 is 0 Å². The predicted molar refractivity (Wildman–Crippen MR) is 74.3 cm³/mol. The number of H-pyrrole nitrogens is 2. The zero-order valence-corrected chi connectivity index (χ0v) is 10.7. The van der Waals surface area contributed by atoms with Crippen LogP contribution >= 0.6 is 0 Å². The molecule has 1 aromatic carbocycles. The van der Waals surface area contributed by atoms with Gasteiger partial charge in [0.15, 0.2) is 5.82 Å². The maximum absolute atomic E-state index is 12.3. The highest BCUT2D eigenvalue weighted by Gasteiger charge is 2.13. The van der Waals surface area contributed by atoms with Gasteiger partial charge in [0, 0.05) is 33.9 Å². The van der Waals surface area contributed by atoms with Crippen LogP contribution in [0.15, 0.2) is 30.5 Å². The van der Waals surface area contributed by atoms with E-state index in [1.807, 2.05) is 38.2 Å². The molecule has 96 valence electrons. The van der Waals surface area contributed by atoms with Gasteiger partial charge in [-0.1, -0.05) is 6.07 Å². The maximum atomic E-state index is 12.3. The highest BCUT2D eigenvalue weighted by atomic mass is 16.1. The van der Waals surface area contributed by atoms with Crippen LogP contribution in [-0.4, -0.2) is 21.1 Å². The summed E-state index contributed by atoms with van der Waals surface area (Å²) in [5, 5.41) is 10.7. The molecule has 0 saturated carbocycles. The second-order valence-corrected chi connectivity index (χ2v) is 4.52. The average Bonchev–Trinajstić information content (AvgIpc) is 3.00. The number of aromatic amines is 2. The Bertz CT molecular complexity index is 754. The number of amides is 1. The smallest absolute Gasteiger partial charge is 0.257 e. The van der Waals surface area contributed by atoms with Crippen LogP contribution in [0.4, 0.5) is 5.82 Å². The topological polar surface area (TPSA) is 73.6 Å². The van der Waals surface area contributed by atoms with Crippen molar-refractivity contribution in [2.24, 2.45) is 0 Å². The second-order valence-electron chi connectivity index (χ2n) is 4.52. The van der Waals surface area contributed by atoms with Gasteiger partial charge in [-0.3, -0.25) is 9.89 Å². The number of aryl methyl sites for hydroxylation is 1. The third-order valence-electron chi connectivity index (χ3n) is 3.32. The van der Waals surface area contributed by atoms with E-state index in [1.165, 1.54) is 0 Å². The third-order valence-corrected chi connectivity index (χ3v) is 3.32. The highest BCUT2D eigenvalue weighted by molar-refractivity contribution is 6.12. The maximum Gasteiger partial charge on any atom is 0.257 e. The Morgan fingerprint density at radius 1 is 1.26 bits per heavy atom. The van der Waals surface area contributed by atoms with Crippen LogP contribution in [0.1, 0.15) is 21.6 Å². The Balaban J connectivity index is 1.96. The summed E-state index contributed by atoms with van der Waals surface area (Å²) < 4.78 is 0. The van der Waals surface area contributed by atoms with Crippen molar-refractivity contribution < 1.29 is 4.79 Å². The van der Waals surface area contributed by atoms with Gasteiger partial charge in [-0.25, -0.2) is 0 Å². The molecule has 2 heterocycles. The Labute approximate surface area is 110 Å². The Kier molecular flexibility index (Phi) is 2.59. The minimum Gasteiger partial charge on any atom is -0.361 e. The molecule has 2 aromatic heterocycles. The summed E-state index contributed by atoms with van der Waals surface area (Å²) in [7, 11) is 0. The first-order valence-electron chi connectivity index (χ1n) is 6.06. The first kappa shape index (κ1) is 11.5. The van der Waals surface area contributed by atoms with Gasteiger partial charge in [-0.05, 0) is 32.0 Å².